The summed E-state index contributed by atoms with van der Waals surface area (Å²) in [6.07, 6.45) is -3.49. The Morgan fingerprint density at radius 3 is 2.69 bits per heavy atom. The van der Waals surface area contributed by atoms with Gasteiger partial charge in [0.1, 0.15) is 5.56 Å². The second kappa shape index (κ2) is 3.19. The van der Waals surface area contributed by atoms with Crippen LogP contribution in [0.5, 0.6) is 0 Å². The maximum absolute atomic E-state index is 12.3. The van der Waals surface area contributed by atoms with E-state index in [1.807, 2.05) is 0 Å². The molecule has 0 fully saturated rings. The van der Waals surface area contributed by atoms with Crippen molar-refractivity contribution < 1.29 is 23.1 Å². The van der Waals surface area contributed by atoms with Crippen LogP contribution in [-0.2, 0) is 6.18 Å². The van der Waals surface area contributed by atoms with Crippen molar-refractivity contribution in [1.29, 1.82) is 0 Å². The third-order valence-electron chi connectivity index (χ3n) is 1.85. The molecule has 0 atom stereocenters. The monoisotopic (exact) mass is 231 g/mol. The first-order valence-corrected chi connectivity index (χ1v) is 4.05. The van der Waals surface area contributed by atoms with E-state index < -0.39 is 18.0 Å². The molecule has 8 heteroatoms. The summed E-state index contributed by atoms with van der Waals surface area (Å²) in [6, 6.07) is 2.44. The van der Waals surface area contributed by atoms with Crippen molar-refractivity contribution in [1.82, 2.24) is 14.6 Å². The summed E-state index contributed by atoms with van der Waals surface area (Å²) >= 11 is 0. The quantitative estimate of drug-likeness (QED) is 0.806. The number of nitrogens with zero attached hydrogens (tertiary/aromatic N) is 3. The molecule has 0 aliphatic rings. The van der Waals surface area contributed by atoms with E-state index in [4.69, 9.17) is 5.11 Å². The normalized spacial score (nSPS) is 11.9. The lowest BCUT2D eigenvalue weighted by molar-refractivity contribution is -0.144. The van der Waals surface area contributed by atoms with Crippen LogP contribution in [0.2, 0.25) is 0 Å². The Kier molecular flexibility index (Phi) is 2.07. The van der Waals surface area contributed by atoms with Crippen LogP contribution in [0.1, 0.15) is 16.2 Å². The largest absolute Gasteiger partial charge is 0.478 e. The third kappa shape index (κ3) is 1.58. The zero-order chi connectivity index (χ0) is 11.9. The van der Waals surface area contributed by atoms with E-state index in [1.165, 1.54) is 12.3 Å². The predicted molar refractivity (Wildman–Crippen MR) is 44.9 cm³/mol. The van der Waals surface area contributed by atoms with Crippen LogP contribution >= 0.6 is 0 Å². The molecule has 0 saturated carbocycles. The van der Waals surface area contributed by atoms with Gasteiger partial charge in [-0.05, 0) is 12.1 Å². The number of carboxylic acid groups (broad SMARTS) is 1. The van der Waals surface area contributed by atoms with Crippen LogP contribution in [0.15, 0.2) is 18.3 Å². The molecule has 5 nitrogen and oxygen atoms in total. The summed E-state index contributed by atoms with van der Waals surface area (Å²) in [5, 5.41) is 11.9. The predicted octanol–water partition coefficient (Wildman–Crippen LogP) is 1.45. The number of halogens is 3. The van der Waals surface area contributed by atoms with Gasteiger partial charge in [0.15, 0.2) is 5.65 Å². The van der Waals surface area contributed by atoms with Crippen molar-refractivity contribution >= 4 is 11.6 Å². The van der Waals surface area contributed by atoms with Gasteiger partial charge in [-0.25, -0.2) is 14.3 Å². The molecule has 1 N–H and O–H groups in total. The Hall–Kier alpha value is -2.12. The molecule has 84 valence electrons. The molecule has 0 aromatic carbocycles. The van der Waals surface area contributed by atoms with E-state index in [1.54, 1.807) is 0 Å². The van der Waals surface area contributed by atoms with E-state index in [2.05, 4.69) is 10.1 Å². The third-order valence-corrected chi connectivity index (χ3v) is 1.85. The van der Waals surface area contributed by atoms with E-state index in [0.717, 1.165) is 10.6 Å². The first-order valence-electron chi connectivity index (χ1n) is 4.05. The fraction of sp³-hybridized carbons (Fsp3) is 0.125. The second-order valence-electron chi connectivity index (χ2n) is 2.93. The van der Waals surface area contributed by atoms with Crippen LogP contribution in [0.4, 0.5) is 13.2 Å². The van der Waals surface area contributed by atoms with Gasteiger partial charge in [0.25, 0.3) is 5.82 Å². The van der Waals surface area contributed by atoms with Crippen LogP contribution < -0.4 is 0 Å². The average Bonchev–Trinajstić information content (AvgIpc) is 2.59. The average molecular weight is 231 g/mol. The number of pyridine rings is 1. The van der Waals surface area contributed by atoms with Gasteiger partial charge in [0, 0.05) is 6.20 Å². The Bertz CT molecular complexity index is 561. The summed E-state index contributed by atoms with van der Waals surface area (Å²) in [4.78, 5) is 13.9. The van der Waals surface area contributed by atoms with Gasteiger partial charge in [0.2, 0.25) is 0 Å². The van der Waals surface area contributed by atoms with Crippen molar-refractivity contribution in [3.8, 4) is 0 Å². The molecule has 0 bridgehead atoms. The fourth-order valence-electron chi connectivity index (χ4n) is 1.19. The molecule has 0 aliphatic heterocycles. The number of aromatic carboxylic acids is 1. The number of carboxylic acids is 1. The maximum atomic E-state index is 12.3. The van der Waals surface area contributed by atoms with Gasteiger partial charge in [-0.3, -0.25) is 0 Å². The first kappa shape index (κ1) is 10.4. The zero-order valence-corrected chi connectivity index (χ0v) is 7.56. The number of alkyl halides is 3. The second-order valence-corrected chi connectivity index (χ2v) is 2.93. The molecule has 16 heavy (non-hydrogen) atoms. The molecule has 0 radical (unpaired) electrons. The van der Waals surface area contributed by atoms with Gasteiger partial charge in [0.05, 0.1) is 0 Å². The van der Waals surface area contributed by atoms with Gasteiger partial charge in [-0.1, -0.05) is 0 Å². The number of fused-ring (bicyclic) bond motifs is 1. The van der Waals surface area contributed by atoms with Crippen molar-refractivity contribution in [2.75, 3.05) is 0 Å². The molecule has 2 aromatic rings. The minimum Gasteiger partial charge on any atom is -0.478 e. The molecule has 0 spiro atoms. The Balaban J connectivity index is 2.71. The highest BCUT2D eigenvalue weighted by Crippen LogP contribution is 2.26. The molecule has 2 aromatic heterocycles. The van der Waals surface area contributed by atoms with E-state index in [-0.39, 0.29) is 11.2 Å². The summed E-state index contributed by atoms with van der Waals surface area (Å²) < 4.78 is 37.6. The van der Waals surface area contributed by atoms with Gasteiger partial charge in [-0.2, -0.15) is 13.2 Å². The van der Waals surface area contributed by atoms with Crippen LogP contribution in [0.3, 0.4) is 0 Å². The molecule has 0 unspecified atom stereocenters. The van der Waals surface area contributed by atoms with Crippen LogP contribution in [0.25, 0.3) is 5.65 Å². The molecule has 0 aliphatic carbocycles. The number of aromatic nitrogens is 3. The number of hydrogen-bond acceptors (Lipinski definition) is 3. The molecule has 2 heterocycles. The lowest BCUT2D eigenvalue weighted by Gasteiger charge is -1.96. The SMILES string of the molecule is O=C(O)c1cccn2nc(C(F)(F)F)nc12. The molecular formula is C8H4F3N3O2. The Morgan fingerprint density at radius 1 is 1.44 bits per heavy atom. The van der Waals surface area contributed by atoms with E-state index in [9.17, 15) is 18.0 Å². The van der Waals surface area contributed by atoms with Crippen molar-refractivity contribution in [2.45, 2.75) is 6.18 Å². The number of hydrogen-bond donors (Lipinski definition) is 1. The molecule has 0 saturated heterocycles. The minimum atomic E-state index is -4.69. The van der Waals surface area contributed by atoms with Crippen molar-refractivity contribution in [2.24, 2.45) is 0 Å². The Labute approximate surface area is 86.1 Å². The Morgan fingerprint density at radius 2 is 2.12 bits per heavy atom. The highest BCUT2D eigenvalue weighted by atomic mass is 19.4. The lowest BCUT2D eigenvalue weighted by Crippen LogP contribution is -2.07. The molecular weight excluding hydrogens is 227 g/mol. The molecule has 2 rings (SSSR count). The van der Waals surface area contributed by atoms with Gasteiger partial charge >= 0.3 is 12.1 Å². The summed E-state index contributed by atoms with van der Waals surface area (Å²) in [7, 11) is 0. The molecule has 0 amide bonds. The van der Waals surface area contributed by atoms with Gasteiger partial charge < -0.3 is 5.11 Å². The summed E-state index contributed by atoms with van der Waals surface area (Å²) in [6.45, 7) is 0. The van der Waals surface area contributed by atoms with E-state index in [0.29, 0.717) is 0 Å². The highest BCUT2D eigenvalue weighted by Gasteiger charge is 2.36. The smallest absolute Gasteiger partial charge is 0.453 e. The highest BCUT2D eigenvalue weighted by molar-refractivity contribution is 5.94. The first-order chi connectivity index (χ1) is 7.39. The van der Waals surface area contributed by atoms with Gasteiger partial charge in [-0.15, -0.1) is 5.10 Å². The summed E-state index contributed by atoms with van der Waals surface area (Å²) in [5.41, 5.74) is -0.659. The van der Waals surface area contributed by atoms with Crippen molar-refractivity contribution in [3.05, 3.63) is 29.7 Å². The van der Waals surface area contributed by atoms with Crippen molar-refractivity contribution in [3.63, 3.8) is 0 Å². The topological polar surface area (TPSA) is 67.5 Å². The standard InChI is InChI=1S/C8H4F3N3O2/c9-8(10,11)7-12-5-4(6(15)16)2-1-3-14(5)13-7/h1-3H,(H,15,16). The minimum absolute atomic E-state index is 0.328. The number of carbonyl (C=O) groups is 1. The summed E-state index contributed by atoms with van der Waals surface area (Å²) in [5.74, 6) is -2.71. The number of rotatable bonds is 1. The zero-order valence-electron chi connectivity index (χ0n) is 7.56. The maximum Gasteiger partial charge on any atom is 0.453 e. The van der Waals surface area contributed by atoms with Crippen LogP contribution in [0, 0.1) is 0 Å². The fourth-order valence-corrected chi connectivity index (χ4v) is 1.19. The van der Waals surface area contributed by atoms with E-state index >= 15 is 0 Å². The van der Waals surface area contributed by atoms with Crippen LogP contribution in [-0.4, -0.2) is 25.7 Å². The lowest BCUT2D eigenvalue weighted by atomic mass is 10.3.